The normalized spacial score (nSPS) is 14.7. The highest BCUT2D eigenvalue weighted by Crippen LogP contribution is 2.24. The number of piperazine rings is 1. The van der Waals surface area contributed by atoms with Crippen LogP contribution < -0.4 is 9.64 Å². The Labute approximate surface area is 154 Å². The van der Waals surface area contributed by atoms with E-state index >= 15 is 0 Å². The number of anilines is 1. The second-order valence-corrected chi connectivity index (χ2v) is 7.05. The first-order valence-corrected chi connectivity index (χ1v) is 9.06. The van der Waals surface area contributed by atoms with Gasteiger partial charge in [0.1, 0.15) is 5.75 Å². The Morgan fingerprint density at radius 3 is 2.35 bits per heavy atom. The second kappa shape index (κ2) is 7.72. The number of ether oxygens (including phenoxy) is 1. The van der Waals surface area contributed by atoms with Crippen molar-refractivity contribution in [1.29, 1.82) is 0 Å². The van der Waals surface area contributed by atoms with E-state index in [0.29, 0.717) is 24.8 Å². The lowest BCUT2D eigenvalue weighted by atomic mass is 9.98. The number of hydrogen-bond acceptors (Lipinski definition) is 5. The molecule has 0 spiro atoms. The first-order chi connectivity index (χ1) is 12.4. The van der Waals surface area contributed by atoms with Gasteiger partial charge < -0.3 is 14.5 Å². The number of carbonyl (C=O) groups excluding carboxylic acids is 1. The molecule has 1 aromatic carbocycles. The lowest BCUT2D eigenvalue weighted by Crippen LogP contribution is -2.49. The maximum Gasteiger partial charge on any atom is 0.415 e. The lowest BCUT2D eigenvalue weighted by molar-refractivity contribution is 0.149. The smallest absolute Gasteiger partial charge is 0.410 e. The van der Waals surface area contributed by atoms with Gasteiger partial charge in [0.25, 0.3) is 0 Å². The Bertz CT molecular complexity index is 766. The molecule has 2 aromatic rings. The molecule has 1 amide bonds. The second-order valence-electron chi connectivity index (χ2n) is 7.05. The van der Waals surface area contributed by atoms with Gasteiger partial charge in [-0.05, 0) is 55.2 Å². The number of rotatable bonds is 3. The van der Waals surface area contributed by atoms with Crippen molar-refractivity contribution >= 4 is 11.9 Å². The Hall–Kier alpha value is -2.63. The zero-order valence-corrected chi connectivity index (χ0v) is 15.9. The Balaban J connectivity index is 1.57. The maximum atomic E-state index is 12.4. The van der Waals surface area contributed by atoms with Crippen LogP contribution >= 0.6 is 0 Å². The fourth-order valence-corrected chi connectivity index (χ4v) is 3.20. The van der Waals surface area contributed by atoms with Crippen molar-refractivity contribution in [1.82, 2.24) is 15.1 Å². The molecule has 1 aliphatic heterocycles. The molecule has 1 saturated heterocycles. The zero-order chi connectivity index (χ0) is 18.7. The number of benzene rings is 1. The number of aryl methyl sites for hydroxylation is 2. The van der Waals surface area contributed by atoms with E-state index in [9.17, 15) is 4.79 Å². The topological polar surface area (TPSA) is 58.6 Å². The van der Waals surface area contributed by atoms with Gasteiger partial charge in [-0.25, -0.2) is 4.79 Å². The summed E-state index contributed by atoms with van der Waals surface area (Å²) in [5.74, 6) is 1.91. The number of nitrogens with zero attached hydrogens (tertiary/aromatic N) is 4. The summed E-state index contributed by atoms with van der Waals surface area (Å²) < 4.78 is 5.57. The number of carbonyl (C=O) groups is 1. The van der Waals surface area contributed by atoms with Crippen LogP contribution in [-0.2, 0) is 0 Å². The van der Waals surface area contributed by atoms with E-state index in [-0.39, 0.29) is 6.09 Å². The van der Waals surface area contributed by atoms with Crippen molar-refractivity contribution in [3.8, 4) is 5.75 Å². The summed E-state index contributed by atoms with van der Waals surface area (Å²) in [5.41, 5.74) is 3.32. The molecule has 0 atom stereocenters. The third-order valence-corrected chi connectivity index (χ3v) is 4.71. The number of hydrogen-bond donors (Lipinski definition) is 0. The van der Waals surface area contributed by atoms with E-state index in [2.05, 4.69) is 28.9 Å². The van der Waals surface area contributed by atoms with E-state index in [1.165, 1.54) is 5.56 Å². The fourth-order valence-electron chi connectivity index (χ4n) is 3.20. The minimum absolute atomic E-state index is 0.295. The first kappa shape index (κ1) is 18.2. The van der Waals surface area contributed by atoms with Gasteiger partial charge >= 0.3 is 6.09 Å². The summed E-state index contributed by atoms with van der Waals surface area (Å²) in [7, 11) is 0. The summed E-state index contributed by atoms with van der Waals surface area (Å²) in [4.78, 5) is 16.3. The minimum Gasteiger partial charge on any atom is -0.410 e. The summed E-state index contributed by atoms with van der Waals surface area (Å²) in [6, 6.07) is 9.77. The first-order valence-electron chi connectivity index (χ1n) is 9.06. The van der Waals surface area contributed by atoms with Gasteiger partial charge in [0.2, 0.25) is 0 Å². The molecule has 1 aromatic heterocycles. The molecule has 26 heavy (non-hydrogen) atoms. The van der Waals surface area contributed by atoms with Crippen LogP contribution in [0.25, 0.3) is 0 Å². The maximum absolute atomic E-state index is 12.4. The molecule has 0 unspecified atom stereocenters. The minimum atomic E-state index is -0.295. The van der Waals surface area contributed by atoms with Crippen molar-refractivity contribution in [2.45, 2.75) is 33.6 Å². The van der Waals surface area contributed by atoms with E-state index in [1.807, 2.05) is 44.2 Å². The van der Waals surface area contributed by atoms with Gasteiger partial charge in [-0.3, -0.25) is 0 Å². The van der Waals surface area contributed by atoms with Gasteiger partial charge in [0, 0.05) is 26.2 Å². The predicted molar refractivity (Wildman–Crippen MR) is 102 cm³/mol. The van der Waals surface area contributed by atoms with Crippen LogP contribution in [0.3, 0.4) is 0 Å². The van der Waals surface area contributed by atoms with Gasteiger partial charge in [-0.1, -0.05) is 19.9 Å². The fraction of sp³-hybridized carbons (Fsp3) is 0.450. The van der Waals surface area contributed by atoms with Crippen molar-refractivity contribution in [2.24, 2.45) is 0 Å². The summed E-state index contributed by atoms with van der Waals surface area (Å²) in [6.45, 7) is 10.9. The number of aromatic nitrogens is 2. The van der Waals surface area contributed by atoms with Gasteiger partial charge in [-0.2, -0.15) is 5.10 Å². The molecule has 6 heteroatoms. The molecule has 1 fully saturated rings. The standard InChI is InChI=1S/C20H26N4O2/c1-14(2)18-7-6-17(13-15(18)3)26-20(25)24-11-9-23(10-12-24)19-8-5-16(4)21-22-19/h5-8,13-14H,9-12H2,1-4H3. The van der Waals surface area contributed by atoms with E-state index in [0.717, 1.165) is 30.2 Å². The third-order valence-electron chi connectivity index (χ3n) is 4.71. The quantitative estimate of drug-likeness (QED) is 0.844. The van der Waals surface area contributed by atoms with Crippen molar-refractivity contribution in [2.75, 3.05) is 31.1 Å². The van der Waals surface area contributed by atoms with Crippen LogP contribution in [0.4, 0.5) is 10.6 Å². The molecule has 138 valence electrons. The molecule has 0 aliphatic carbocycles. The SMILES string of the molecule is Cc1ccc(N2CCN(C(=O)Oc3ccc(C(C)C)c(C)c3)CC2)nn1. The summed E-state index contributed by atoms with van der Waals surface area (Å²) in [6.07, 6.45) is -0.295. The molecular formula is C20H26N4O2. The van der Waals surface area contributed by atoms with Gasteiger partial charge in [0.15, 0.2) is 5.82 Å². The third kappa shape index (κ3) is 4.12. The highest BCUT2D eigenvalue weighted by atomic mass is 16.6. The van der Waals surface area contributed by atoms with Crippen LogP contribution in [-0.4, -0.2) is 47.4 Å². The molecule has 2 heterocycles. The van der Waals surface area contributed by atoms with Gasteiger partial charge in [0.05, 0.1) is 5.69 Å². The molecule has 0 radical (unpaired) electrons. The largest absolute Gasteiger partial charge is 0.415 e. The Kier molecular flexibility index (Phi) is 5.40. The summed E-state index contributed by atoms with van der Waals surface area (Å²) >= 11 is 0. The monoisotopic (exact) mass is 354 g/mol. The van der Waals surface area contributed by atoms with E-state index < -0.39 is 0 Å². The summed E-state index contributed by atoms with van der Waals surface area (Å²) in [5, 5.41) is 8.31. The van der Waals surface area contributed by atoms with Crippen molar-refractivity contribution in [3.63, 3.8) is 0 Å². The highest BCUT2D eigenvalue weighted by Gasteiger charge is 2.23. The average Bonchev–Trinajstić information content (AvgIpc) is 2.62. The zero-order valence-electron chi connectivity index (χ0n) is 15.9. The van der Waals surface area contributed by atoms with Crippen molar-refractivity contribution < 1.29 is 9.53 Å². The lowest BCUT2D eigenvalue weighted by Gasteiger charge is -2.34. The molecule has 6 nitrogen and oxygen atoms in total. The van der Waals surface area contributed by atoms with Crippen LogP contribution in [0, 0.1) is 13.8 Å². The van der Waals surface area contributed by atoms with Crippen LogP contribution in [0.15, 0.2) is 30.3 Å². The highest BCUT2D eigenvalue weighted by molar-refractivity contribution is 5.71. The van der Waals surface area contributed by atoms with Crippen molar-refractivity contribution in [3.05, 3.63) is 47.2 Å². The molecule has 0 bridgehead atoms. The Morgan fingerprint density at radius 2 is 1.77 bits per heavy atom. The van der Waals surface area contributed by atoms with E-state index in [4.69, 9.17) is 4.74 Å². The average molecular weight is 354 g/mol. The number of amides is 1. The Morgan fingerprint density at radius 1 is 1.04 bits per heavy atom. The van der Waals surface area contributed by atoms with Crippen LogP contribution in [0.2, 0.25) is 0 Å². The van der Waals surface area contributed by atoms with Gasteiger partial charge in [-0.15, -0.1) is 5.10 Å². The molecule has 0 saturated carbocycles. The van der Waals surface area contributed by atoms with E-state index in [1.54, 1.807) is 4.90 Å². The molecular weight excluding hydrogens is 328 g/mol. The van der Waals surface area contributed by atoms with Crippen LogP contribution in [0.1, 0.15) is 36.6 Å². The molecule has 1 aliphatic rings. The predicted octanol–water partition coefficient (Wildman–Crippen LogP) is 3.54. The molecule has 3 rings (SSSR count). The molecule has 0 N–H and O–H groups in total. The van der Waals surface area contributed by atoms with Crippen LogP contribution in [0.5, 0.6) is 5.75 Å².